The molecule has 4 nitrogen and oxygen atoms in total. The third-order valence-corrected chi connectivity index (χ3v) is 4.38. The number of ether oxygens (including phenoxy) is 1. The van der Waals surface area contributed by atoms with Crippen molar-refractivity contribution in [1.29, 1.82) is 0 Å². The van der Waals surface area contributed by atoms with Gasteiger partial charge in [-0.3, -0.25) is 0 Å². The molecule has 2 heterocycles. The third kappa shape index (κ3) is 4.84. The van der Waals surface area contributed by atoms with Crippen LogP contribution in [0.15, 0.2) is 0 Å². The van der Waals surface area contributed by atoms with Crippen LogP contribution in [-0.2, 0) is 4.74 Å². The smallest absolute Gasteiger partial charge is 0.0589 e. The van der Waals surface area contributed by atoms with Gasteiger partial charge < -0.3 is 19.9 Å². The fraction of sp³-hybridized carbons (Fsp3) is 1.00. The molecular formula is C14H29N3O. The van der Waals surface area contributed by atoms with Gasteiger partial charge in [-0.1, -0.05) is 0 Å². The van der Waals surface area contributed by atoms with Crippen molar-refractivity contribution in [2.45, 2.75) is 19.3 Å². The van der Waals surface area contributed by atoms with E-state index >= 15 is 0 Å². The molecule has 0 spiro atoms. The molecule has 0 amide bonds. The van der Waals surface area contributed by atoms with E-state index in [0.717, 1.165) is 19.1 Å². The molecule has 0 aromatic rings. The Kier molecular flexibility index (Phi) is 6.41. The quantitative estimate of drug-likeness (QED) is 0.754. The lowest BCUT2D eigenvalue weighted by Crippen LogP contribution is -2.44. The molecule has 2 aliphatic rings. The summed E-state index contributed by atoms with van der Waals surface area (Å²) in [4.78, 5) is 5.17. The summed E-state index contributed by atoms with van der Waals surface area (Å²) < 4.78 is 5.14. The summed E-state index contributed by atoms with van der Waals surface area (Å²) >= 11 is 0. The van der Waals surface area contributed by atoms with Gasteiger partial charge in [-0.15, -0.1) is 0 Å². The maximum Gasteiger partial charge on any atom is 0.0589 e. The van der Waals surface area contributed by atoms with Crippen molar-refractivity contribution >= 4 is 0 Å². The molecule has 1 N–H and O–H groups in total. The van der Waals surface area contributed by atoms with Gasteiger partial charge in [0.1, 0.15) is 0 Å². The Morgan fingerprint density at radius 1 is 1.00 bits per heavy atom. The SMILES string of the molecule is COCCN1CCC(CCN2CCNCC2)CC1. The van der Waals surface area contributed by atoms with E-state index in [9.17, 15) is 0 Å². The molecule has 0 aromatic heterocycles. The number of hydrogen-bond acceptors (Lipinski definition) is 4. The lowest BCUT2D eigenvalue weighted by atomic mass is 9.93. The van der Waals surface area contributed by atoms with Gasteiger partial charge in [-0.2, -0.15) is 0 Å². The van der Waals surface area contributed by atoms with E-state index < -0.39 is 0 Å². The van der Waals surface area contributed by atoms with E-state index in [1.165, 1.54) is 65.1 Å². The average molecular weight is 255 g/mol. The summed E-state index contributed by atoms with van der Waals surface area (Å²) in [5, 5.41) is 3.42. The highest BCUT2D eigenvalue weighted by atomic mass is 16.5. The van der Waals surface area contributed by atoms with Crippen molar-refractivity contribution in [2.75, 3.05) is 66.1 Å². The second kappa shape index (κ2) is 8.10. The summed E-state index contributed by atoms with van der Waals surface area (Å²) in [7, 11) is 1.79. The number of piperazine rings is 1. The third-order valence-electron chi connectivity index (χ3n) is 4.38. The zero-order chi connectivity index (χ0) is 12.6. The standard InChI is InChI=1S/C14H29N3O/c1-18-13-12-16-7-2-14(3-8-16)4-9-17-10-5-15-6-11-17/h14-15H,2-13H2,1H3. The Labute approximate surface area is 112 Å². The number of nitrogens with zero attached hydrogens (tertiary/aromatic N) is 2. The first-order valence-electron chi connectivity index (χ1n) is 7.53. The predicted molar refractivity (Wildman–Crippen MR) is 75.0 cm³/mol. The minimum atomic E-state index is 0.880. The normalized spacial score (nSPS) is 24.5. The molecule has 0 radical (unpaired) electrons. The Bertz CT molecular complexity index is 211. The highest BCUT2D eigenvalue weighted by Gasteiger charge is 2.19. The van der Waals surface area contributed by atoms with Crippen molar-refractivity contribution in [3.05, 3.63) is 0 Å². The predicted octanol–water partition coefficient (Wildman–Crippen LogP) is 0.640. The highest BCUT2D eigenvalue weighted by molar-refractivity contribution is 4.75. The van der Waals surface area contributed by atoms with Gasteiger partial charge in [-0.25, -0.2) is 0 Å². The van der Waals surface area contributed by atoms with Gasteiger partial charge in [0.05, 0.1) is 6.61 Å². The molecule has 2 fully saturated rings. The van der Waals surface area contributed by atoms with Crippen molar-refractivity contribution in [2.24, 2.45) is 5.92 Å². The van der Waals surface area contributed by atoms with Gasteiger partial charge >= 0.3 is 0 Å². The summed E-state index contributed by atoms with van der Waals surface area (Å²) in [5.74, 6) is 0.957. The first-order chi connectivity index (χ1) is 8.88. The lowest BCUT2D eigenvalue weighted by Gasteiger charge is -2.33. The fourth-order valence-electron chi connectivity index (χ4n) is 3.02. The number of piperidine rings is 1. The Morgan fingerprint density at radius 3 is 2.33 bits per heavy atom. The van der Waals surface area contributed by atoms with Gasteiger partial charge in [0.15, 0.2) is 0 Å². The van der Waals surface area contributed by atoms with Crippen LogP contribution < -0.4 is 5.32 Å². The van der Waals surface area contributed by atoms with Gasteiger partial charge in [0, 0.05) is 39.8 Å². The van der Waals surface area contributed by atoms with Crippen LogP contribution in [0.4, 0.5) is 0 Å². The van der Waals surface area contributed by atoms with E-state index in [1.54, 1.807) is 7.11 Å². The number of likely N-dealkylation sites (tertiary alicyclic amines) is 1. The molecule has 0 unspecified atom stereocenters. The first-order valence-corrected chi connectivity index (χ1v) is 7.53. The maximum absolute atomic E-state index is 5.14. The monoisotopic (exact) mass is 255 g/mol. The summed E-state index contributed by atoms with van der Waals surface area (Å²) in [6.07, 6.45) is 4.17. The molecule has 0 aromatic carbocycles. The molecule has 4 heteroatoms. The van der Waals surface area contributed by atoms with Crippen molar-refractivity contribution in [3.63, 3.8) is 0 Å². The molecule has 2 saturated heterocycles. The Morgan fingerprint density at radius 2 is 1.67 bits per heavy atom. The summed E-state index contributed by atoms with van der Waals surface area (Å²) in [6, 6.07) is 0. The van der Waals surface area contributed by atoms with Gasteiger partial charge in [0.25, 0.3) is 0 Å². The molecule has 18 heavy (non-hydrogen) atoms. The van der Waals surface area contributed by atoms with Crippen LogP contribution in [-0.4, -0.2) is 75.9 Å². The van der Waals surface area contributed by atoms with Crippen molar-refractivity contribution < 1.29 is 4.74 Å². The Balaban J connectivity index is 1.55. The number of rotatable bonds is 6. The molecule has 0 aliphatic carbocycles. The fourth-order valence-corrected chi connectivity index (χ4v) is 3.02. The molecule has 106 valence electrons. The van der Waals surface area contributed by atoms with Crippen molar-refractivity contribution in [1.82, 2.24) is 15.1 Å². The van der Waals surface area contributed by atoms with Crippen molar-refractivity contribution in [3.8, 4) is 0 Å². The first kappa shape index (κ1) is 14.3. The number of hydrogen-bond donors (Lipinski definition) is 1. The number of methoxy groups -OCH3 is 1. The summed E-state index contributed by atoms with van der Waals surface area (Å²) in [5.41, 5.74) is 0. The van der Waals surface area contributed by atoms with E-state index in [1.807, 2.05) is 0 Å². The molecular weight excluding hydrogens is 226 g/mol. The van der Waals surface area contributed by atoms with E-state index in [0.29, 0.717) is 0 Å². The zero-order valence-electron chi connectivity index (χ0n) is 11.9. The van der Waals surface area contributed by atoms with Crippen LogP contribution in [0, 0.1) is 5.92 Å². The topological polar surface area (TPSA) is 27.7 Å². The minimum absolute atomic E-state index is 0.880. The molecule has 2 rings (SSSR count). The van der Waals surface area contributed by atoms with Crippen LogP contribution in [0.5, 0.6) is 0 Å². The van der Waals surface area contributed by atoms with Crippen LogP contribution >= 0.6 is 0 Å². The highest BCUT2D eigenvalue weighted by Crippen LogP contribution is 2.20. The van der Waals surface area contributed by atoms with E-state index in [2.05, 4.69) is 15.1 Å². The van der Waals surface area contributed by atoms with Gasteiger partial charge in [0.2, 0.25) is 0 Å². The van der Waals surface area contributed by atoms with E-state index in [4.69, 9.17) is 4.74 Å². The van der Waals surface area contributed by atoms with Crippen LogP contribution in [0.3, 0.4) is 0 Å². The molecule has 0 atom stereocenters. The Hall–Kier alpha value is -0.160. The molecule has 2 aliphatic heterocycles. The van der Waals surface area contributed by atoms with Gasteiger partial charge in [-0.05, 0) is 44.8 Å². The number of nitrogens with one attached hydrogen (secondary N) is 1. The second-order valence-corrected chi connectivity index (χ2v) is 5.66. The van der Waals surface area contributed by atoms with E-state index in [-0.39, 0.29) is 0 Å². The lowest BCUT2D eigenvalue weighted by molar-refractivity contribution is 0.113. The van der Waals surface area contributed by atoms with Crippen LogP contribution in [0.25, 0.3) is 0 Å². The average Bonchev–Trinajstić information content (AvgIpc) is 2.45. The molecule has 0 bridgehead atoms. The molecule has 0 saturated carbocycles. The largest absolute Gasteiger partial charge is 0.383 e. The van der Waals surface area contributed by atoms with Crippen LogP contribution in [0.1, 0.15) is 19.3 Å². The van der Waals surface area contributed by atoms with Crippen LogP contribution in [0.2, 0.25) is 0 Å². The summed E-state index contributed by atoms with van der Waals surface area (Å²) in [6.45, 7) is 10.7. The second-order valence-electron chi connectivity index (χ2n) is 5.66. The minimum Gasteiger partial charge on any atom is -0.383 e. The maximum atomic E-state index is 5.14. The zero-order valence-corrected chi connectivity index (χ0v) is 11.9.